The molecule has 1 aliphatic heterocycles. The predicted octanol–water partition coefficient (Wildman–Crippen LogP) is 12.6. The first kappa shape index (κ1) is 36.7. The van der Waals surface area contributed by atoms with E-state index in [1.54, 1.807) is 0 Å². The maximum atomic E-state index is 4.51. The van der Waals surface area contributed by atoms with Gasteiger partial charge in [-0.15, -0.1) is 0 Å². The van der Waals surface area contributed by atoms with Crippen molar-refractivity contribution < 1.29 is 0 Å². The standard InChI is InChI=1S/C47H46N2.C2H6/c1-6-18-37(38-19-11-9-12-20-38)29-32-49(40-26-28-43-42-22-13-14-23-44(42)47(4,5)45(43)34-40)31-17-15-24-46-36(3)41-27-25-35(2)33-39(41)21-10-7-8-16-30-48-46;1-2/h6-28,30,33-34,48H,1,3,29,31-32H2,2,4-5H3;1-2H3/b8-7-,17-15-,21-10-,30-16+,37-18+,46-24+;. The SMILES string of the molecule is C=C/C=C(\CCN(C/C=C\C=C1\N/C=C/C=C\C=C/c2cc(C)ccc2C1=C)c1ccc2c(c1)C(C)(C)c1ccccc1-2)c1ccccc1.CC. The molecule has 2 nitrogen and oxygen atoms in total. The Morgan fingerprint density at radius 1 is 0.804 bits per heavy atom. The van der Waals surface area contributed by atoms with Crippen molar-refractivity contribution in [1.29, 1.82) is 0 Å². The quantitative estimate of drug-likeness (QED) is 0.179. The molecule has 0 bridgehead atoms. The lowest BCUT2D eigenvalue weighted by Gasteiger charge is -2.27. The molecule has 1 aliphatic carbocycles. The number of aryl methyl sites for hydroxylation is 1. The van der Waals surface area contributed by atoms with Gasteiger partial charge in [0.1, 0.15) is 0 Å². The summed E-state index contributed by atoms with van der Waals surface area (Å²) in [7, 11) is 0. The molecule has 0 radical (unpaired) electrons. The van der Waals surface area contributed by atoms with E-state index in [0.717, 1.165) is 41.9 Å². The van der Waals surface area contributed by atoms with Crippen molar-refractivity contribution >= 4 is 22.9 Å². The first-order valence-corrected chi connectivity index (χ1v) is 18.2. The lowest BCUT2D eigenvalue weighted by atomic mass is 9.82. The number of fused-ring (bicyclic) bond motifs is 4. The highest BCUT2D eigenvalue weighted by Crippen LogP contribution is 2.49. The first-order valence-electron chi connectivity index (χ1n) is 18.2. The Morgan fingerprint density at radius 2 is 1.53 bits per heavy atom. The van der Waals surface area contributed by atoms with E-state index in [1.807, 2.05) is 44.4 Å². The Balaban J connectivity index is 0.00000248. The van der Waals surface area contributed by atoms with Crippen molar-refractivity contribution in [2.45, 2.75) is 46.5 Å². The fraction of sp³-hybridized carbons (Fsp3) is 0.184. The van der Waals surface area contributed by atoms with Crippen molar-refractivity contribution in [3.63, 3.8) is 0 Å². The number of nitrogens with zero attached hydrogens (tertiary/aromatic N) is 1. The molecule has 1 N–H and O–H groups in total. The first-order chi connectivity index (χ1) is 24.9. The minimum absolute atomic E-state index is 0.0563. The fourth-order valence-electron chi connectivity index (χ4n) is 6.90. The topological polar surface area (TPSA) is 15.3 Å². The van der Waals surface area contributed by atoms with E-state index in [1.165, 1.54) is 44.6 Å². The Hall–Kier alpha value is -5.60. The Bertz CT molecular complexity index is 2030. The molecule has 4 aromatic carbocycles. The van der Waals surface area contributed by atoms with Crippen LogP contribution in [0, 0.1) is 6.92 Å². The monoisotopic (exact) mass is 668 g/mol. The largest absolute Gasteiger partial charge is 0.367 e. The molecule has 0 aromatic heterocycles. The summed E-state index contributed by atoms with van der Waals surface area (Å²) < 4.78 is 0. The van der Waals surface area contributed by atoms with E-state index in [9.17, 15) is 0 Å². The van der Waals surface area contributed by atoms with E-state index in [2.05, 4.69) is 172 Å². The molecule has 0 atom stereocenters. The van der Waals surface area contributed by atoms with E-state index >= 15 is 0 Å². The van der Waals surface area contributed by atoms with Crippen molar-refractivity contribution in [1.82, 2.24) is 5.32 Å². The summed E-state index contributed by atoms with van der Waals surface area (Å²) in [6.45, 7) is 21.0. The van der Waals surface area contributed by atoms with Crippen LogP contribution in [0.5, 0.6) is 0 Å². The van der Waals surface area contributed by atoms with Gasteiger partial charge in [0.25, 0.3) is 0 Å². The molecule has 0 saturated heterocycles. The number of nitrogens with one attached hydrogen (secondary N) is 1. The average molecular weight is 669 g/mol. The number of hydrogen-bond acceptors (Lipinski definition) is 2. The summed E-state index contributed by atoms with van der Waals surface area (Å²) >= 11 is 0. The van der Waals surface area contributed by atoms with Crippen LogP contribution in [0.3, 0.4) is 0 Å². The van der Waals surface area contributed by atoms with Crippen LogP contribution in [-0.2, 0) is 5.41 Å². The minimum Gasteiger partial charge on any atom is -0.367 e. The van der Waals surface area contributed by atoms with Crippen LogP contribution in [0.25, 0.3) is 28.3 Å². The molecule has 258 valence electrons. The smallest absolute Gasteiger partial charge is 0.0453 e. The maximum absolute atomic E-state index is 4.51. The van der Waals surface area contributed by atoms with Gasteiger partial charge >= 0.3 is 0 Å². The third-order valence-electron chi connectivity index (χ3n) is 9.57. The molecule has 2 heteroatoms. The third kappa shape index (κ3) is 8.59. The molecule has 1 heterocycles. The van der Waals surface area contributed by atoms with Crippen molar-refractivity contribution in [3.8, 4) is 11.1 Å². The second-order valence-corrected chi connectivity index (χ2v) is 13.2. The molecule has 0 amide bonds. The van der Waals surface area contributed by atoms with Gasteiger partial charge in [0, 0.05) is 36.1 Å². The van der Waals surface area contributed by atoms with E-state index in [4.69, 9.17) is 0 Å². The average Bonchev–Trinajstić information content (AvgIpc) is 3.37. The van der Waals surface area contributed by atoms with Crippen molar-refractivity contribution in [3.05, 3.63) is 204 Å². The van der Waals surface area contributed by atoms with Crippen molar-refractivity contribution in [2.75, 3.05) is 18.0 Å². The molecular formula is C49H52N2. The second-order valence-electron chi connectivity index (χ2n) is 13.2. The van der Waals surface area contributed by atoms with Gasteiger partial charge in [-0.25, -0.2) is 0 Å². The van der Waals surface area contributed by atoms with Gasteiger partial charge in [-0.2, -0.15) is 0 Å². The Kier molecular flexibility index (Phi) is 12.5. The summed E-state index contributed by atoms with van der Waals surface area (Å²) in [4.78, 5) is 2.49. The number of anilines is 1. The van der Waals surface area contributed by atoms with Gasteiger partial charge in [-0.05, 0) is 87.7 Å². The second kappa shape index (κ2) is 17.4. The predicted molar refractivity (Wildman–Crippen MR) is 225 cm³/mol. The molecule has 0 saturated carbocycles. The number of hydrogen-bond donors (Lipinski definition) is 1. The third-order valence-corrected chi connectivity index (χ3v) is 9.57. The molecule has 0 fully saturated rings. The molecule has 6 rings (SSSR count). The Morgan fingerprint density at radius 3 is 2.33 bits per heavy atom. The highest BCUT2D eigenvalue weighted by molar-refractivity contribution is 5.84. The molecular weight excluding hydrogens is 617 g/mol. The van der Waals surface area contributed by atoms with Crippen LogP contribution < -0.4 is 10.2 Å². The van der Waals surface area contributed by atoms with E-state index in [0.29, 0.717) is 0 Å². The van der Waals surface area contributed by atoms with E-state index in [-0.39, 0.29) is 5.41 Å². The molecule has 0 unspecified atom stereocenters. The summed E-state index contributed by atoms with van der Waals surface area (Å²) in [5, 5.41) is 3.48. The zero-order valence-corrected chi connectivity index (χ0v) is 31.0. The van der Waals surface area contributed by atoms with Gasteiger partial charge in [-0.3, -0.25) is 0 Å². The zero-order chi connectivity index (χ0) is 36.2. The van der Waals surface area contributed by atoms with Crippen LogP contribution in [-0.4, -0.2) is 13.1 Å². The Labute approximate surface area is 307 Å². The normalized spacial score (nSPS) is 17.2. The number of allylic oxidation sites excluding steroid dienone is 9. The van der Waals surface area contributed by atoms with E-state index < -0.39 is 0 Å². The highest BCUT2D eigenvalue weighted by atomic mass is 15.1. The van der Waals surface area contributed by atoms with Gasteiger partial charge in [0.15, 0.2) is 0 Å². The summed E-state index contributed by atoms with van der Waals surface area (Å²) in [6, 6.07) is 33.0. The maximum Gasteiger partial charge on any atom is 0.0453 e. The van der Waals surface area contributed by atoms with Gasteiger partial charge < -0.3 is 10.2 Å². The molecule has 51 heavy (non-hydrogen) atoms. The van der Waals surface area contributed by atoms with Crippen LogP contribution in [0.15, 0.2) is 171 Å². The minimum atomic E-state index is -0.0563. The van der Waals surface area contributed by atoms with Crippen LogP contribution in [0.1, 0.15) is 67.5 Å². The van der Waals surface area contributed by atoms with Crippen LogP contribution >= 0.6 is 0 Å². The molecule has 4 aromatic rings. The summed E-state index contributed by atoms with van der Waals surface area (Å²) in [6.07, 6.45) is 23.7. The highest BCUT2D eigenvalue weighted by Gasteiger charge is 2.35. The fourth-order valence-corrected chi connectivity index (χ4v) is 6.90. The number of rotatable bonds is 9. The van der Waals surface area contributed by atoms with Gasteiger partial charge in [-0.1, -0.05) is 174 Å². The van der Waals surface area contributed by atoms with Gasteiger partial charge in [0.2, 0.25) is 0 Å². The lowest BCUT2D eigenvalue weighted by molar-refractivity contribution is 0.660. The van der Waals surface area contributed by atoms with Crippen LogP contribution in [0.4, 0.5) is 5.69 Å². The van der Waals surface area contributed by atoms with Crippen molar-refractivity contribution in [2.24, 2.45) is 0 Å². The molecule has 0 spiro atoms. The lowest BCUT2D eigenvalue weighted by Crippen LogP contribution is -2.25. The summed E-state index contributed by atoms with van der Waals surface area (Å²) in [5.74, 6) is 0. The summed E-state index contributed by atoms with van der Waals surface area (Å²) in [5.41, 5.74) is 14.6. The zero-order valence-electron chi connectivity index (χ0n) is 31.0. The van der Waals surface area contributed by atoms with Gasteiger partial charge in [0.05, 0.1) is 0 Å². The van der Waals surface area contributed by atoms with Crippen LogP contribution in [0.2, 0.25) is 0 Å². The number of benzene rings is 4. The molecule has 2 aliphatic rings.